The Balaban J connectivity index is 2.36. The SMILES string of the molecule is O=C=S1C=Cc2c1[nH]c1ccc([N+](=O)[O-])cc21. The Morgan fingerprint density at radius 3 is 2.94 bits per heavy atom. The van der Waals surface area contributed by atoms with Crippen LogP contribution in [0.4, 0.5) is 5.69 Å². The van der Waals surface area contributed by atoms with Gasteiger partial charge in [-0.1, -0.05) is 0 Å². The molecule has 2 heterocycles. The lowest BCUT2D eigenvalue weighted by Gasteiger charge is -1.92. The molecule has 0 saturated heterocycles. The van der Waals surface area contributed by atoms with Gasteiger partial charge in [-0.15, -0.1) is 0 Å². The summed E-state index contributed by atoms with van der Waals surface area (Å²) in [5.74, 6) is 0. The van der Waals surface area contributed by atoms with E-state index < -0.39 is 15.4 Å². The molecule has 1 aromatic carbocycles. The van der Waals surface area contributed by atoms with E-state index in [1.54, 1.807) is 11.5 Å². The molecule has 1 N–H and O–H groups in total. The highest BCUT2D eigenvalue weighted by molar-refractivity contribution is 8.17. The predicted octanol–water partition coefficient (Wildman–Crippen LogP) is 2.76. The normalized spacial score (nSPS) is 17.1. The molecule has 0 radical (unpaired) electrons. The second-order valence-corrected chi connectivity index (χ2v) is 5.10. The molecule has 0 amide bonds. The summed E-state index contributed by atoms with van der Waals surface area (Å²) in [7, 11) is -0.671. The first kappa shape index (κ1) is 10.0. The Kier molecular flexibility index (Phi) is 2.01. The van der Waals surface area contributed by atoms with Gasteiger partial charge in [-0.05, 0) is 28.0 Å². The van der Waals surface area contributed by atoms with Gasteiger partial charge in [0, 0.05) is 28.6 Å². The largest absolute Gasteiger partial charge is 0.349 e. The van der Waals surface area contributed by atoms with Crippen LogP contribution in [0.3, 0.4) is 0 Å². The van der Waals surface area contributed by atoms with Crippen molar-refractivity contribution in [1.82, 2.24) is 4.98 Å². The van der Waals surface area contributed by atoms with E-state index >= 15 is 0 Å². The van der Waals surface area contributed by atoms with Crippen LogP contribution in [0.1, 0.15) is 5.56 Å². The standard InChI is InChI=1S/C11H6N2O3S/c14-6-17-4-3-8-9-5-7(13(15)16)1-2-10(9)12-11(8)17/h1-5,12H. The summed E-state index contributed by atoms with van der Waals surface area (Å²) >= 11 is 0. The first-order valence-corrected chi connectivity index (χ1v) is 6.08. The van der Waals surface area contributed by atoms with E-state index in [0.29, 0.717) is 0 Å². The number of aromatic nitrogens is 1. The maximum Gasteiger partial charge on any atom is 0.270 e. The van der Waals surface area contributed by atoms with Gasteiger partial charge in [0.2, 0.25) is 0 Å². The number of aromatic amines is 1. The quantitative estimate of drug-likeness (QED) is 0.477. The molecule has 1 aliphatic rings. The Hall–Kier alpha value is -2.17. The molecule has 1 aliphatic heterocycles. The molecule has 1 aromatic heterocycles. The minimum absolute atomic E-state index is 0.0505. The highest BCUT2D eigenvalue weighted by atomic mass is 32.2. The molecule has 84 valence electrons. The number of nitrogens with zero attached hydrogens (tertiary/aromatic N) is 1. The van der Waals surface area contributed by atoms with Crippen molar-refractivity contribution in [3.05, 3.63) is 39.3 Å². The van der Waals surface area contributed by atoms with Crippen LogP contribution < -0.4 is 0 Å². The van der Waals surface area contributed by atoms with Gasteiger partial charge in [0.1, 0.15) is 0 Å². The molecular formula is C11H6N2O3S. The maximum atomic E-state index is 10.7. The minimum atomic E-state index is -0.671. The molecule has 1 atom stereocenters. The van der Waals surface area contributed by atoms with Crippen LogP contribution in [0.2, 0.25) is 0 Å². The molecule has 0 bridgehead atoms. The third-order valence-electron chi connectivity index (χ3n) is 2.68. The van der Waals surface area contributed by atoms with Gasteiger partial charge in [0.05, 0.1) is 9.95 Å². The number of H-pyrrole nitrogens is 1. The number of benzene rings is 1. The second kappa shape index (κ2) is 3.41. The van der Waals surface area contributed by atoms with Crippen molar-refractivity contribution in [1.29, 1.82) is 0 Å². The summed E-state index contributed by atoms with van der Waals surface area (Å²) in [4.78, 5) is 24.1. The lowest BCUT2D eigenvalue weighted by Crippen LogP contribution is -1.86. The molecule has 6 heteroatoms. The number of nitro benzene ring substituents is 1. The van der Waals surface area contributed by atoms with Crippen molar-refractivity contribution in [2.24, 2.45) is 0 Å². The number of hydrogen-bond donors (Lipinski definition) is 1. The van der Waals surface area contributed by atoms with E-state index in [2.05, 4.69) is 4.98 Å². The highest BCUT2D eigenvalue weighted by Crippen LogP contribution is 2.41. The molecule has 2 aromatic rings. The number of nitro groups is 1. The zero-order valence-electron chi connectivity index (χ0n) is 8.47. The molecule has 5 nitrogen and oxygen atoms in total. The molecule has 0 saturated carbocycles. The van der Waals surface area contributed by atoms with Crippen LogP contribution in [-0.2, 0) is 4.79 Å². The summed E-state index contributed by atoms with van der Waals surface area (Å²) in [5.41, 5.74) is 1.71. The Labute approximate surface area is 97.8 Å². The fourth-order valence-corrected chi connectivity index (χ4v) is 3.08. The van der Waals surface area contributed by atoms with Gasteiger partial charge in [0.25, 0.3) is 5.69 Å². The summed E-state index contributed by atoms with van der Waals surface area (Å²) in [5, 5.41) is 16.0. The van der Waals surface area contributed by atoms with Crippen molar-refractivity contribution >= 4 is 38.4 Å². The fraction of sp³-hybridized carbons (Fsp3) is 0. The smallest absolute Gasteiger partial charge is 0.270 e. The second-order valence-electron chi connectivity index (χ2n) is 3.58. The topological polar surface area (TPSA) is 76.0 Å². The Bertz CT molecular complexity index is 738. The minimum Gasteiger partial charge on any atom is -0.349 e. The third-order valence-corrected chi connectivity index (χ3v) is 4.03. The zero-order valence-corrected chi connectivity index (χ0v) is 9.28. The van der Waals surface area contributed by atoms with E-state index in [9.17, 15) is 14.9 Å². The van der Waals surface area contributed by atoms with Crippen molar-refractivity contribution in [2.75, 3.05) is 0 Å². The van der Waals surface area contributed by atoms with E-state index in [0.717, 1.165) is 21.5 Å². The summed E-state index contributed by atoms with van der Waals surface area (Å²) in [6.07, 6.45) is 1.81. The Morgan fingerprint density at radius 1 is 1.41 bits per heavy atom. The average Bonchev–Trinajstić information content (AvgIpc) is 2.86. The van der Waals surface area contributed by atoms with Crippen molar-refractivity contribution in [3.63, 3.8) is 0 Å². The summed E-state index contributed by atoms with van der Waals surface area (Å²) < 4.78 is 0. The lowest BCUT2D eigenvalue weighted by atomic mass is 10.1. The van der Waals surface area contributed by atoms with Crippen LogP contribution in [0.25, 0.3) is 17.0 Å². The molecule has 1 unspecified atom stereocenters. The van der Waals surface area contributed by atoms with Crippen LogP contribution in [0.15, 0.2) is 28.6 Å². The van der Waals surface area contributed by atoms with Gasteiger partial charge < -0.3 is 4.98 Å². The number of carbonyl (C=O) groups excluding carboxylic acids is 1. The predicted molar refractivity (Wildman–Crippen MR) is 65.5 cm³/mol. The van der Waals surface area contributed by atoms with Gasteiger partial charge in [0.15, 0.2) is 5.23 Å². The van der Waals surface area contributed by atoms with Gasteiger partial charge in [-0.3, -0.25) is 10.1 Å². The maximum absolute atomic E-state index is 10.7. The van der Waals surface area contributed by atoms with Crippen LogP contribution in [-0.4, -0.2) is 15.1 Å². The number of nitrogens with one attached hydrogen (secondary N) is 1. The first-order chi connectivity index (χ1) is 8.20. The lowest BCUT2D eigenvalue weighted by molar-refractivity contribution is -0.384. The van der Waals surface area contributed by atoms with Crippen LogP contribution in [0.5, 0.6) is 0 Å². The van der Waals surface area contributed by atoms with Gasteiger partial charge in [-0.2, -0.15) is 0 Å². The average molecular weight is 246 g/mol. The molecule has 17 heavy (non-hydrogen) atoms. The Morgan fingerprint density at radius 2 is 2.24 bits per heavy atom. The van der Waals surface area contributed by atoms with Crippen molar-refractivity contribution < 1.29 is 9.72 Å². The van der Waals surface area contributed by atoms with Gasteiger partial charge >= 0.3 is 0 Å². The monoisotopic (exact) mass is 246 g/mol. The molecular weight excluding hydrogens is 240 g/mol. The van der Waals surface area contributed by atoms with Gasteiger partial charge in [-0.25, -0.2) is 4.79 Å². The zero-order chi connectivity index (χ0) is 12.0. The highest BCUT2D eigenvalue weighted by Gasteiger charge is 2.18. The summed E-state index contributed by atoms with van der Waals surface area (Å²) in [6, 6.07) is 4.62. The van der Waals surface area contributed by atoms with Crippen molar-refractivity contribution in [2.45, 2.75) is 5.03 Å². The van der Waals surface area contributed by atoms with Crippen LogP contribution >= 0.6 is 10.5 Å². The fourth-order valence-electron chi connectivity index (χ4n) is 1.90. The first-order valence-electron chi connectivity index (χ1n) is 4.80. The van der Waals surface area contributed by atoms with E-state index in [-0.39, 0.29) is 5.69 Å². The number of rotatable bonds is 1. The van der Waals surface area contributed by atoms with E-state index in [1.165, 1.54) is 12.1 Å². The molecule has 0 aliphatic carbocycles. The molecule has 0 fully saturated rings. The number of fused-ring (bicyclic) bond motifs is 3. The number of non-ortho nitro benzene ring substituents is 1. The number of hydrogen-bond acceptors (Lipinski definition) is 3. The van der Waals surface area contributed by atoms with Crippen molar-refractivity contribution in [3.8, 4) is 0 Å². The van der Waals surface area contributed by atoms with Crippen LogP contribution in [0, 0.1) is 10.1 Å². The van der Waals surface area contributed by atoms with E-state index in [1.807, 2.05) is 11.3 Å². The summed E-state index contributed by atoms with van der Waals surface area (Å²) in [6.45, 7) is 0. The van der Waals surface area contributed by atoms with E-state index in [4.69, 9.17) is 0 Å². The molecule has 0 spiro atoms. The third kappa shape index (κ3) is 1.35. The molecule has 3 rings (SSSR count).